The Labute approximate surface area is 129 Å². The van der Waals surface area contributed by atoms with E-state index in [1.807, 2.05) is 12.1 Å². The maximum Gasteiger partial charge on any atom is 0.287 e. The summed E-state index contributed by atoms with van der Waals surface area (Å²) >= 11 is 0. The van der Waals surface area contributed by atoms with E-state index in [2.05, 4.69) is 10.3 Å². The van der Waals surface area contributed by atoms with Crippen molar-refractivity contribution >= 4 is 5.91 Å². The zero-order valence-electron chi connectivity index (χ0n) is 12.7. The van der Waals surface area contributed by atoms with E-state index in [1.54, 1.807) is 24.0 Å². The molecule has 1 heterocycles. The van der Waals surface area contributed by atoms with Gasteiger partial charge >= 0.3 is 0 Å². The first-order valence-corrected chi connectivity index (χ1v) is 7.62. The number of nitrogens with one attached hydrogen (secondary N) is 1. The van der Waals surface area contributed by atoms with Gasteiger partial charge in [0, 0.05) is 31.4 Å². The molecule has 0 spiro atoms. The van der Waals surface area contributed by atoms with E-state index in [9.17, 15) is 9.18 Å². The number of carbonyl (C=O) groups excluding carboxylic acids is 1. The zero-order valence-corrected chi connectivity index (χ0v) is 12.7. The van der Waals surface area contributed by atoms with Crippen LogP contribution in [-0.4, -0.2) is 22.0 Å². The van der Waals surface area contributed by atoms with Crippen LogP contribution >= 0.6 is 0 Å². The van der Waals surface area contributed by atoms with Gasteiger partial charge in [-0.15, -0.1) is 0 Å². The number of imidazole rings is 1. The first-order valence-electron chi connectivity index (χ1n) is 7.62. The molecule has 0 radical (unpaired) electrons. The molecule has 0 saturated heterocycles. The maximum absolute atomic E-state index is 13.2. The molecule has 0 aliphatic heterocycles. The second-order valence-corrected chi connectivity index (χ2v) is 6.04. The van der Waals surface area contributed by atoms with Gasteiger partial charge in [0.05, 0.1) is 0 Å². The van der Waals surface area contributed by atoms with E-state index >= 15 is 0 Å². The quantitative estimate of drug-likeness (QED) is 0.944. The van der Waals surface area contributed by atoms with Gasteiger partial charge in [0.2, 0.25) is 0 Å². The van der Waals surface area contributed by atoms with Crippen molar-refractivity contribution in [2.75, 3.05) is 6.54 Å². The van der Waals surface area contributed by atoms with Gasteiger partial charge in [-0.3, -0.25) is 4.79 Å². The van der Waals surface area contributed by atoms with Crippen molar-refractivity contribution in [2.45, 2.75) is 31.1 Å². The maximum atomic E-state index is 13.2. The summed E-state index contributed by atoms with van der Waals surface area (Å²) in [4.78, 5) is 16.3. The summed E-state index contributed by atoms with van der Waals surface area (Å²) in [6, 6.07) is 6.67. The van der Waals surface area contributed by atoms with Gasteiger partial charge in [0.1, 0.15) is 5.82 Å². The van der Waals surface area contributed by atoms with E-state index < -0.39 is 0 Å². The Bertz CT molecular complexity index is 657. The molecule has 1 aromatic heterocycles. The van der Waals surface area contributed by atoms with Gasteiger partial charge in [-0.25, -0.2) is 9.37 Å². The summed E-state index contributed by atoms with van der Waals surface area (Å²) < 4.78 is 14.9. The van der Waals surface area contributed by atoms with Crippen LogP contribution in [0.1, 0.15) is 41.9 Å². The molecule has 4 nitrogen and oxygen atoms in total. The Hall–Kier alpha value is -2.17. The number of hydrogen-bond acceptors (Lipinski definition) is 2. The summed E-state index contributed by atoms with van der Waals surface area (Å²) in [6.45, 7) is 0.560. The number of rotatable bonds is 4. The first kappa shape index (κ1) is 14.8. The molecule has 1 saturated carbocycles. The van der Waals surface area contributed by atoms with E-state index in [4.69, 9.17) is 0 Å². The molecule has 116 valence electrons. The average molecular weight is 301 g/mol. The molecule has 1 fully saturated rings. The monoisotopic (exact) mass is 301 g/mol. The van der Waals surface area contributed by atoms with Crippen molar-refractivity contribution in [3.8, 4) is 0 Å². The lowest BCUT2D eigenvalue weighted by molar-refractivity contribution is 0.0929. The minimum Gasteiger partial charge on any atom is -0.348 e. The van der Waals surface area contributed by atoms with Gasteiger partial charge in [-0.1, -0.05) is 25.0 Å². The van der Waals surface area contributed by atoms with Gasteiger partial charge in [-0.2, -0.15) is 0 Å². The van der Waals surface area contributed by atoms with E-state index in [1.165, 1.54) is 12.1 Å². The smallest absolute Gasteiger partial charge is 0.287 e. The SMILES string of the molecule is Cn1ccnc1C(=O)NCC1(c2ccc(F)cc2)CCCC1. The highest BCUT2D eigenvalue weighted by Crippen LogP contribution is 2.40. The Balaban J connectivity index is 1.76. The topological polar surface area (TPSA) is 46.9 Å². The third-order valence-corrected chi connectivity index (χ3v) is 4.63. The normalized spacial score (nSPS) is 16.6. The number of carbonyl (C=O) groups is 1. The molecule has 2 aromatic rings. The summed E-state index contributed by atoms with van der Waals surface area (Å²) in [6.07, 6.45) is 7.66. The van der Waals surface area contributed by atoms with Crippen molar-refractivity contribution in [3.05, 3.63) is 53.9 Å². The summed E-state index contributed by atoms with van der Waals surface area (Å²) in [5.41, 5.74) is 1.01. The Morgan fingerprint density at radius 3 is 2.59 bits per heavy atom. The van der Waals surface area contributed by atoms with Gasteiger partial charge < -0.3 is 9.88 Å². The number of aromatic nitrogens is 2. The van der Waals surface area contributed by atoms with Crippen molar-refractivity contribution in [2.24, 2.45) is 7.05 Å². The van der Waals surface area contributed by atoms with Crippen LogP contribution < -0.4 is 5.32 Å². The van der Waals surface area contributed by atoms with E-state index in [0.29, 0.717) is 12.4 Å². The van der Waals surface area contributed by atoms with Crippen LogP contribution in [0.25, 0.3) is 0 Å². The third-order valence-electron chi connectivity index (χ3n) is 4.63. The molecule has 0 atom stereocenters. The van der Waals surface area contributed by atoms with Crippen molar-refractivity contribution in [1.29, 1.82) is 0 Å². The van der Waals surface area contributed by atoms with Crippen molar-refractivity contribution in [3.63, 3.8) is 0 Å². The summed E-state index contributed by atoms with van der Waals surface area (Å²) in [7, 11) is 1.80. The first-order chi connectivity index (χ1) is 10.6. The highest BCUT2D eigenvalue weighted by Gasteiger charge is 2.36. The van der Waals surface area contributed by atoms with Crippen LogP contribution in [0.2, 0.25) is 0 Å². The lowest BCUT2D eigenvalue weighted by Crippen LogP contribution is -2.39. The second kappa shape index (κ2) is 5.91. The van der Waals surface area contributed by atoms with Crippen LogP contribution in [-0.2, 0) is 12.5 Å². The van der Waals surface area contributed by atoms with Crippen LogP contribution in [0.3, 0.4) is 0 Å². The molecule has 0 bridgehead atoms. The van der Waals surface area contributed by atoms with Gasteiger partial charge in [0.25, 0.3) is 5.91 Å². The van der Waals surface area contributed by atoms with Gasteiger partial charge in [-0.05, 0) is 30.5 Å². The standard InChI is InChI=1S/C17H20FN3O/c1-21-11-10-19-15(21)16(22)20-12-17(8-2-3-9-17)13-4-6-14(18)7-5-13/h4-7,10-11H,2-3,8-9,12H2,1H3,(H,20,22). The molecule has 0 unspecified atom stereocenters. The Kier molecular flexibility index (Phi) is 3.96. The van der Waals surface area contributed by atoms with Crippen molar-refractivity contribution in [1.82, 2.24) is 14.9 Å². The predicted molar refractivity (Wildman–Crippen MR) is 82.1 cm³/mol. The molecule has 1 amide bonds. The van der Waals surface area contributed by atoms with Crippen LogP contribution in [0.5, 0.6) is 0 Å². The molecular weight excluding hydrogens is 281 g/mol. The molecular formula is C17H20FN3O. The molecule has 1 aliphatic rings. The predicted octanol–water partition coefficient (Wildman–Crippen LogP) is 2.80. The summed E-state index contributed by atoms with van der Waals surface area (Å²) in [5, 5.41) is 3.01. The van der Waals surface area contributed by atoms with Crippen molar-refractivity contribution < 1.29 is 9.18 Å². The van der Waals surface area contributed by atoms with Crippen LogP contribution in [0, 0.1) is 5.82 Å². The minimum absolute atomic E-state index is 0.0888. The molecule has 1 aromatic carbocycles. The van der Waals surface area contributed by atoms with E-state index in [-0.39, 0.29) is 17.1 Å². The number of aryl methyl sites for hydroxylation is 1. The van der Waals surface area contributed by atoms with Gasteiger partial charge in [0.15, 0.2) is 5.82 Å². The Morgan fingerprint density at radius 2 is 2.00 bits per heavy atom. The second-order valence-electron chi connectivity index (χ2n) is 6.04. The molecule has 5 heteroatoms. The molecule has 22 heavy (non-hydrogen) atoms. The highest BCUT2D eigenvalue weighted by atomic mass is 19.1. The lowest BCUT2D eigenvalue weighted by atomic mass is 9.79. The van der Waals surface area contributed by atoms with E-state index in [0.717, 1.165) is 31.2 Å². The number of hydrogen-bond donors (Lipinski definition) is 1. The lowest BCUT2D eigenvalue weighted by Gasteiger charge is -2.30. The zero-order chi connectivity index (χ0) is 15.6. The fraction of sp³-hybridized carbons (Fsp3) is 0.412. The number of nitrogens with zero attached hydrogens (tertiary/aromatic N) is 2. The number of benzene rings is 1. The van der Waals surface area contributed by atoms with Crippen LogP contribution in [0.4, 0.5) is 4.39 Å². The minimum atomic E-state index is -0.228. The largest absolute Gasteiger partial charge is 0.348 e. The summed E-state index contributed by atoms with van der Waals surface area (Å²) in [5.74, 6) is 0.0158. The molecule has 1 aliphatic carbocycles. The fourth-order valence-electron chi connectivity index (χ4n) is 3.34. The van der Waals surface area contributed by atoms with Crippen LogP contribution in [0.15, 0.2) is 36.7 Å². The average Bonchev–Trinajstić information content (AvgIpc) is 3.15. The fourth-order valence-corrected chi connectivity index (χ4v) is 3.34. The third kappa shape index (κ3) is 2.75. The highest BCUT2D eigenvalue weighted by molar-refractivity contribution is 5.90. The molecule has 1 N–H and O–H groups in total. The number of amides is 1. The Morgan fingerprint density at radius 1 is 1.32 bits per heavy atom. The molecule has 3 rings (SSSR count). The number of halogens is 1.